The maximum atomic E-state index is 14.6. The Bertz CT molecular complexity index is 1310. The van der Waals surface area contributed by atoms with Gasteiger partial charge in [0, 0.05) is 62.9 Å². The molecule has 0 fully saturated rings. The average molecular weight is 448 g/mol. The molecule has 0 N–H and O–H groups in total. The number of nitriles is 1. The first-order valence-electron chi connectivity index (χ1n) is 10.8. The third-order valence-corrected chi connectivity index (χ3v) is 6.63. The zero-order chi connectivity index (χ0) is 23.3. The number of halogens is 2. The Morgan fingerprint density at radius 2 is 2.06 bits per heavy atom. The molecule has 0 saturated carbocycles. The van der Waals surface area contributed by atoms with Crippen LogP contribution in [0.2, 0.25) is 0 Å². The van der Waals surface area contributed by atoms with Gasteiger partial charge >= 0.3 is 0 Å². The van der Waals surface area contributed by atoms with Crippen molar-refractivity contribution in [2.75, 3.05) is 13.7 Å². The maximum Gasteiger partial charge on any atom is 0.219 e. The van der Waals surface area contributed by atoms with Gasteiger partial charge in [0.1, 0.15) is 17.7 Å². The molecule has 0 bridgehead atoms. The van der Waals surface area contributed by atoms with Gasteiger partial charge in [-0.15, -0.1) is 0 Å². The summed E-state index contributed by atoms with van der Waals surface area (Å²) in [4.78, 5) is 13.9. The van der Waals surface area contributed by atoms with E-state index in [-0.39, 0.29) is 5.91 Å². The number of hydrogen-bond donors (Lipinski definition) is 0. The molecule has 8 heteroatoms. The molecule has 1 amide bonds. The molecular weight excluding hydrogens is 426 g/mol. The zero-order valence-electron chi connectivity index (χ0n) is 18.3. The van der Waals surface area contributed by atoms with Crippen LogP contribution in [0.1, 0.15) is 40.9 Å². The quantitative estimate of drug-likeness (QED) is 0.612. The van der Waals surface area contributed by atoms with Gasteiger partial charge in [-0.05, 0) is 29.3 Å². The fourth-order valence-corrected chi connectivity index (χ4v) is 5.03. The van der Waals surface area contributed by atoms with Gasteiger partial charge < -0.3 is 9.64 Å². The summed E-state index contributed by atoms with van der Waals surface area (Å²) in [6, 6.07) is 11.0. The number of nitrogens with zero attached hydrogens (tertiary/aromatic N) is 4. The third kappa shape index (κ3) is 3.49. The standard InChI is InChI=1S/C25H22F2N4O2/c1-14(32)30-7-6-22-20(13-30)24(16-5-3-4-15(8-16)12-28)29-31(22)25-19-9-17(26)10-21(27)18(19)11-23(25)33-2/h3-5,8-10,23,25H,6-7,11,13H2,1-2H3/t23-,25-/m1/s1. The van der Waals surface area contributed by atoms with Gasteiger partial charge in [0.25, 0.3) is 0 Å². The lowest BCUT2D eigenvalue weighted by Gasteiger charge is -2.29. The first kappa shape index (κ1) is 21.3. The highest BCUT2D eigenvalue weighted by Crippen LogP contribution is 2.41. The summed E-state index contributed by atoms with van der Waals surface area (Å²) in [6.07, 6.45) is 0.458. The molecule has 2 aromatic carbocycles. The molecule has 1 aromatic heterocycles. The van der Waals surface area contributed by atoms with E-state index in [0.717, 1.165) is 22.9 Å². The first-order valence-corrected chi connectivity index (χ1v) is 10.8. The average Bonchev–Trinajstić information content (AvgIpc) is 3.36. The van der Waals surface area contributed by atoms with Gasteiger partial charge in [0.15, 0.2) is 0 Å². The van der Waals surface area contributed by atoms with Crippen molar-refractivity contribution in [2.24, 2.45) is 0 Å². The molecule has 2 atom stereocenters. The molecule has 2 aliphatic rings. The van der Waals surface area contributed by atoms with Crippen molar-refractivity contribution in [2.45, 2.75) is 38.5 Å². The van der Waals surface area contributed by atoms with Crippen LogP contribution in [0.3, 0.4) is 0 Å². The lowest BCUT2D eigenvalue weighted by atomic mass is 9.99. The van der Waals surface area contributed by atoms with Gasteiger partial charge in [-0.1, -0.05) is 12.1 Å². The highest BCUT2D eigenvalue weighted by molar-refractivity contribution is 5.75. The third-order valence-electron chi connectivity index (χ3n) is 6.63. The number of carbonyl (C=O) groups excluding carboxylic acids is 1. The van der Waals surface area contributed by atoms with Crippen molar-refractivity contribution < 1.29 is 18.3 Å². The van der Waals surface area contributed by atoms with E-state index >= 15 is 0 Å². The van der Waals surface area contributed by atoms with Gasteiger partial charge in [-0.2, -0.15) is 10.4 Å². The molecule has 0 radical (unpaired) electrons. The van der Waals surface area contributed by atoms with E-state index in [0.29, 0.717) is 48.3 Å². The number of hydrogen-bond acceptors (Lipinski definition) is 4. The molecule has 33 heavy (non-hydrogen) atoms. The number of rotatable bonds is 3. The molecule has 0 spiro atoms. The monoisotopic (exact) mass is 448 g/mol. The lowest BCUT2D eigenvalue weighted by molar-refractivity contribution is -0.129. The highest BCUT2D eigenvalue weighted by atomic mass is 19.1. The van der Waals surface area contributed by atoms with Crippen LogP contribution in [0.25, 0.3) is 11.3 Å². The second-order valence-corrected chi connectivity index (χ2v) is 8.48. The lowest BCUT2D eigenvalue weighted by Crippen LogP contribution is -2.35. The molecule has 6 nitrogen and oxygen atoms in total. The van der Waals surface area contributed by atoms with E-state index in [9.17, 15) is 18.8 Å². The molecule has 168 valence electrons. The number of amides is 1. The minimum Gasteiger partial charge on any atom is -0.379 e. The van der Waals surface area contributed by atoms with Crippen molar-refractivity contribution in [1.82, 2.24) is 14.7 Å². The molecule has 3 aromatic rings. The first-order chi connectivity index (χ1) is 15.9. The number of carbonyl (C=O) groups is 1. The van der Waals surface area contributed by atoms with E-state index in [1.54, 1.807) is 30.2 Å². The predicted molar refractivity (Wildman–Crippen MR) is 116 cm³/mol. The van der Waals surface area contributed by atoms with Crippen LogP contribution in [-0.4, -0.2) is 40.3 Å². The maximum absolute atomic E-state index is 14.6. The number of aromatic nitrogens is 2. The van der Waals surface area contributed by atoms with Crippen molar-refractivity contribution in [3.05, 3.63) is 76.0 Å². The van der Waals surface area contributed by atoms with E-state index in [2.05, 4.69) is 6.07 Å². The van der Waals surface area contributed by atoms with Crippen LogP contribution < -0.4 is 0 Å². The van der Waals surface area contributed by atoms with Crippen LogP contribution in [0, 0.1) is 23.0 Å². The molecule has 1 aliphatic carbocycles. The number of ether oxygens (including phenoxy) is 1. The molecule has 2 heterocycles. The predicted octanol–water partition coefficient (Wildman–Crippen LogP) is 3.77. The number of fused-ring (bicyclic) bond motifs is 2. The topological polar surface area (TPSA) is 71.2 Å². The zero-order valence-corrected chi connectivity index (χ0v) is 18.3. The molecule has 5 rings (SSSR count). The van der Waals surface area contributed by atoms with Gasteiger partial charge in [-0.3, -0.25) is 9.48 Å². The van der Waals surface area contributed by atoms with Gasteiger partial charge in [-0.25, -0.2) is 8.78 Å². The molecule has 0 unspecified atom stereocenters. The second kappa shape index (κ2) is 8.09. The van der Waals surface area contributed by atoms with Crippen molar-refractivity contribution >= 4 is 5.91 Å². The van der Waals surface area contributed by atoms with E-state index in [1.807, 2.05) is 10.7 Å². The minimum atomic E-state index is -0.640. The van der Waals surface area contributed by atoms with Crippen molar-refractivity contribution in [3.8, 4) is 17.3 Å². The Morgan fingerprint density at radius 1 is 1.24 bits per heavy atom. The Hall–Kier alpha value is -3.57. The van der Waals surface area contributed by atoms with Gasteiger partial charge in [0.2, 0.25) is 5.91 Å². The second-order valence-electron chi connectivity index (χ2n) is 8.48. The summed E-state index contributed by atoms with van der Waals surface area (Å²) < 4.78 is 36.3. The van der Waals surface area contributed by atoms with Crippen LogP contribution >= 0.6 is 0 Å². The van der Waals surface area contributed by atoms with E-state index in [4.69, 9.17) is 9.84 Å². The fraction of sp³-hybridized carbons (Fsp3) is 0.320. The molecule has 0 saturated heterocycles. The normalized spacial score (nSPS) is 19.2. The number of methoxy groups -OCH3 is 1. The summed E-state index contributed by atoms with van der Waals surface area (Å²) in [5, 5.41) is 14.3. The summed E-state index contributed by atoms with van der Waals surface area (Å²) in [5.41, 5.74) is 4.67. The summed E-state index contributed by atoms with van der Waals surface area (Å²) in [5.74, 6) is -1.26. The smallest absolute Gasteiger partial charge is 0.219 e. The summed E-state index contributed by atoms with van der Waals surface area (Å²) >= 11 is 0. The Labute approximate surface area is 190 Å². The SMILES string of the molecule is CO[C@@H]1Cc2c(F)cc(F)cc2[C@H]1n1nc(-c2cccc(C#N)c2)c2c1CCN(C(C)=O)C2. The largest absolute Gasteiger partial charge is 0.379 e. The highest BCUT2D eigenvalue weighted by Gasteiger charge is 2.40. The summed E-state index contributed by atoms with van der Waals surface area (Å²) in [6.45, 7) is 2.44. The van der Waals surface area contributed by atoms with Crippen LogP contribution in [0.4, 0.5) is 8.78 Å². The van der Waals surface area contributed by atoms with Gasteiger partial charge in [0.05, 0.1) is 23.4 Å². The van der Waals surface area contributed by atoms with Crippen LogP contribution in [0.5, 0.6) is 0 Å². The van der Waals surface area contributed by atoms with Crippen molar-refractivity contribution in [3.63, 3.8) is 0 Å². The Morgan fingerprint density at radius 3 is 2.79 bits per heavy atom. The summed E-state index contributed by atoms with van der Waals surface area (Å²) in [7, 11) is 1.56. The van der Waals surface area contributed by atoms with Crippen molar-refractivity contribution in [1.29, 1.82) is 5.26 Å². The number of benzene rings is 2. The van der Waals surface area contributed by atoms with Crippen LogP contribution in [-0.2, 0) is 28.9 Å². The van der Waals surface area contributed by atoms with E-state index < -0.39 is 23.8 Å². The minimum absolute atomic E-state index is 0.0322. The Kier molecular flexibility index (Phi) is 5.22. The van der Waals surface area contributed by atoms with Crippen LogP contribution in [0.15, 0.2) is 36.4 Å². The fourth-order valence-electron chi connectivity index (χ4n) is 5.03. The molecule has 1 aliphatic heterocycles. The Balaban J connectivity index is 1.71. The van der Waals surface area contributed by atoms with E-state index in [1.165, 1.54) is 13.0 Å². The molecular formula is C25H22F2N4O2.